The van der Waals surface area contributed by atoms with Crippen molar-refractivity contribution < 1.29 is 9.53 Å². The maximum Gasteiger partial charge on any atom is 0.328 e. The van der Waals surface area contributed by atoms with Gasteiger partial charge in [0.15, 0.2) is 0 Å². The third kappa shape index (κ3) is 3.56. The second kappa shape index (κ2) is 7.00. The normalized spacial score (nSPS) is 10.7. The van der Waals surface area contributed by atoms with E-state index in [9.17, 15) is 14.4 Å². The summed E-state index contributed by atoms with van der Waals surface area (Å²) in [6.45, 7) is 0.124. The molecule has 6 nitrogen and oxygen atoms in total. The first kappa shape index (κ1) is 16.4. The van der Waals surface area contributed by atoms with Gasteiger partial charge in [0.05, 0.1) is 17.3 Å². The van der Waals surface area contributed by atoms with Crippen molar-refractivity contribution in [1.29, 1.82) is 0 Å². The summed E-state index contributed by atoms with van der Waals surface area (Å²) >= 11 is 2.16. The highest BCUT2D eigenvalue weighted by molar-refractivity contribution is 14.1. The topological polar surface area (TPSA) is 81.2 Å². The number of hydrogen-bond donors (Lipinski definition) is 1. The van der Waals surface area contributed by atoms with Crippen LogP contribution in [-0.4, -0.2) is 15.5 Å². The van der Waals surface area contributed by atoms with Crippen molar-refractivity contribution in [3.63, 3.8) is 0 Å². The summed E-state index contributed by atoms with van der Waals surface area (Å²) in [7, 11) is 0. The number of aryl methyl sites for hydroxylation is 1. The van der Waals surface area contributed by atoms with Gasteiger partial charge < -0.3 is 4.74 Å². The Morgan fingerprint density at radius 1 is 1.08 bits per heavy atom. The van der Waals surface area contributed by atoms with E-state index < -0.39 is 17.2 Å². The molecule has 0 bridgehead atoms. The van der Waals surface area contributed by atoms with Gasteiger partial charge in [-0.05, 0) is 59.0 Å². The van der Waals surface area contributed by atoms with Crippen LogP contribution in [0, 0.1) is 3.57 Å². The molecule has 0 atom stereocenters. The zero-order valence-electron chi connectivity index (χ0n) is 12.5. The minimum Gasteiger partial charge on any atom is -0.426 e. The second-order valence-corrected chi connectivity index (χ2v) is 6.35. The van der Waals surface area contributed by atoms with Crippen LogP contribution < -0.4 is 16.0 Å². The predicted octanol–water partition coefficient (Wildman–Crippen LogP) is 2.29. The lowest BCUT2D eigenvalue weighted by molar-refractivity contribution is -0.134. The molecule has 0 saturated heterocycles. The average Bonchev–Trinajstić information content (AvgIpc) is 2.57. The standard InChI is InChI=1S/C17H13IN2O4/c18-11-5-7-12(8-6-11)24-15(21)9-10-20-14-4-2-1-3-13(14)16(22)19-17(20)23/h1-8H,9-10H2,(H,19,22,23). The van der Waals surface area contributed by atoms with Crippen molar-refractivity contribution in [2.45, 2.75) is 13.0 Å². The molecule has 3 aromatic rings. The number of nitrogens with zero attached hydrogens (tertiary/aromatic N) is 1. The molecule has 0 amide bonds. The lowest BCUT2D eigenvalue weighted by atomic mass is 10.2. The van der Waals surface area contributed by atoms with Gasteiger partial charge in [-0.15, -0.1) is 0 Å². The summed E-state index contributed by atoms with van der Waals surface area (Å²) in [4.78, 5) is 38.0. The molecule has 0 aliphatic rings. The molecule has 122 valence electrons. The molecule has 0 saturated carbocycles. The molecule has 0 radical (unpaired) electrons. The van der Waals surface area contributed by atoms with Crippen molar-refractivity contribution in [3.8, 4) is 5.75 Å². The Morgan fingerprint density at radius 3 is 2.54 bits per heavy atom. The number of carbonyl (C=O) groups excluding carboxylic acids is 1. The first-order valence-corrected chi connectivity index (χ1v) is 8.30. The monoisotopic (exact) mass is 436 g/mol. The third-order valence-corrected chi connectivity index (χ3v) is 4.21. The molecule has 0 aliphatic heterocycles. The van der Waals surface area contributed by atoms with E-state index in [4.69, 9.17) is 4.74 Å². The maximum atomic E-state index is 12.0. The highest BCUT2D eigenvalue weighted by Gasteiger charge is 2.10. The van der Waals surface area contributed by atoms with E-state index in [1.165, 1.54) is 4.57 Å². The Labute approximate surface area is 150 Å². The van der Waals surface area contributed by atoms with Crippen molar-refractivity contribution in [1.82, 2.24) is 9.55 Å². The molecule has 0 spiro atoms. The fourth-order valence-electron chi connectivity index (χ4n) is 2.35. The number of nitrogens with one attached hydrogen (secondary N) is 1. The summed E-state index contributed by atoms with van der Waals surface area (Å²) in [6, 6.07) is 13.9. The molecule has 0 aliphatic carbocycles. The highest BCUT2D eigenvalue weighted by atomic mass is 127. The van der Waals surface area contributed by atoms with Gasteiger partial charge in [0.2, 0.25) is 0 Å². The van der Waals surface area contributed by atoms with Crippen LogP contribution in [0.5, 0.6) is 5.75 Å². The summed E-state index contributed by atoms with van der Waals surface area (Å²) in [5.41, 5.74) is -0.484. The van der Waals surface area contributed by atoms with E-state index in [1.54, 1.807) is 36.4 Å². The van der Waals surface area contributed by atoms with Gasteiger partial charge in [-0.25, -0.2) is 4.79 Å². The number of aromatic nitrogens is 2. The molecular formula is C17H13IN2O4. The Bertz CT molecular complexity index is 1010. The van der Waals surface area contributed by atoms with Gasteiger partial charge in [0.1, 0.15) is 5.75 Å². The van der Waals surface area contributed by atoms with Crippen LogP contribution in [0.2, 0.25) is 0 Å². The number of rotatable bonds is 4. The number of ether oxygens (including phenoxy) is 1. The van der Waals surface area contributed by atoms with Gasteiger partial charge in [-0.2, -0.15) is 0 Å². The van der Waals surface area contributed by atoms with Gasteiger partial charge in [0.25, 0.3) is 5.56 Å². The molecule has 1 aromatic heterocycles. The smallest absolute Gasteiger partial charge is 0.328 e. The van der Waals surface area contributed by atoms with Crippen LogP contribution in [0.3, 0.4) is 0 Å². The zero-order chi connectivity index (χ0) is 17.1. The zero-order valence-corrected chi connectivity index (χ0v) is 14.6. The van der Waals surface area contributed by atoms with E-state index in [-0.39, 0.29) is 13.0 Å². The number of para-hydroxylation sites is 1. The van der Waals surface area contributed by atoms with Crippen LogP contribution in [0.4, 0.5) is 0 Å². The largest absolute Gasteiger partial charge is 0.426 e. The molecular weight excluding hydrogens is 423 g/mol. The fraction of sp³-hybridized carbons (Fsp3) is 0.118. The highest BCUT2D eigenvalue weighted by Crippen LogP contribution is 2.14. The molecule has 0 unspecified atom stereocenters. The van der Waals surface area contributed by atoms with Crippen LogP contribution in [0.1, 0.15) is 6.42 Å². The Kier molecular flexibility index (Phi) is 4.79. The van der Waals surface area contributed by atoms with E-state index in [1.807, 2.05) is 12.1 Å². The molecule has 3 rings (SSSR count). The maximum absolute atomic E-state index is 12.0. The van der Waals surface area contributed by atoms with E-state index in [0.29, 0.717) is 16.7 Å². The van der Waals surface area contributed by atoms with Crippen LogP contribution in [-0.2, 0) is 11.3 Å². The number of halogens is 1. The molecule has 1 heterocycles. The number of benzene rings is 2. The van der Waals surface area contributed by atoms with Gasteiger partial charge in [0, 0.05) is 10.1 Å². The fourth-order valence-corrected chi connectivity index (χ4v) is 2.71. The average molecular weight is 436 g/mol. The Morgan fingerprint density at radius 2 is 1.79 bits per heavy atom. The summed E-state index contributed by atoms with van der Waals surface area (Å²) in [5, 5.41) is 0.406. The number of fused-ring (bicyclic) bond motifs is 1. The van der Waals surface area contributed by atoms with E-state index in [0.717, 1.165) is 3.57 Å². The molecule has 24 heavy (non-hydrogen) atoms. The van der Waals surface area contributed by atoms with Crippen molar-refractivity contribution in [2.24, 2.45) is 0 Å². The van der Waals surface area contributed by atoms with Gasteiger partial charge >= 0.3 is 11.7 Å². The van der Waals surface area contributed by atoms with E-state index in [2.05, 4.69) is 27.6 Å². The molecule has 7 heteroatoms. The molecule has 0 fully saturated rings. The number of hydrogen-bond acceptors (Lipinski definition) is 4. The number of H-pyrrole nitrogens is 1. The summed E-state index contributed by atoms with van der Waals surface area (Å²) in [5.74, 6) is 0.0116. The van der Waals surface area contributed by atoms with Gasteiger partial charge in [-0.3, -0.25) is 19.1 Å². The van der Waals surface area contributed by atoms with Crippen LogP contribution in [0.25, 0.3) is 10.9 Å². The molecule has 1 N–H and O–H groups in total. The van der Waals surface area contributed by atoms with Crippen molar-refractivity contribution in [2.75, 3.05) is 0 Å². The first-order valence-electron chi connectivity index (χ1n) is 7.23. The van der Waals surface area contributed by atoms with E-state index >= 15 is 0 Å². The first-order chi connectivity index (χ1) is 11.5. The number of carbonyl (C=O) groups is 1. The third-order valence-electron chi connectivity index (χ3n) is 3.49. The van der Waals surface area contributed by atoms with Crippen molar-refractivity contribution >= 4 is 39.5 Å². The SMILES string of the molecule is O=C(CCn1c(=O)[nH]c(=O)c2ccccc21)Oc1ccc(I)cc1. The minimum atomic E-state index is -0.541. The minimum absolute atomic E-state index is 0.0158. The van der Waals surface area contributed by atoms with Crippen LogP contribution in [0.15, 0.2) is 58.1 Å². The quantitative estimate of drug-likeness (QED) is 0.387. The molecule has 2 aromatic carbocycles. The predicted molar refractivity (Wildman–Crippen MR) is 98.2 cm³/mol. The van der Waals surface area contributed by atoms with Crippen molar-refractivity contribution in [3.05, 3.63) is 72.9 Å². The number of aromatic amines is 1. The number of esters is 1. The van der Waals surface area contributed by atoms with Crippen LogP contribution >= 0.6 is 22.6 Å². The van der Waals surface area contributed by atoms with Gasteiger partial charge in [-0.1, -0.05) is 12.1 Å². The lowest BCUT2D eigenvalue weighted by Gasteiger charge is -2.09. The Balaban J connectivity index is 1.78. The second-order valence-electron chi connectivity index (χ2n) is 5.11. The summed E-state index contributed by atoms with van der Waals surface area (Å²) in [6.07, 6.45) is 0.0158. The summed E-state index contributed by atoms with van der Waals surface area (Å²) < 4.78 is 7.64. The lowest BCUT2D eigenvalue weighted by Crippen LogP contribution is -2.31. The Hall–Kier alpha value is -2.42.